The molecule has 19 heavy (non-hydrogen) atoms. The predicted octanol–water partition coefficient (Wildman–Crippen LogP) is 0.706. The molecule has 1 fully saturated rings. The van der Waals surface area contributed by atoms with E-state index in [1.165, 1.54) is 4.90 Å². The lowest BCUT2D eigenvalue weighted by Gasteiger charge is -2.19. The maximum absolute atomic E-state index is 12.2. The highest BCUT2D eigenvalue weighted by atomic mass is 16.5. The van der Waals surface area contributed by atoms with Gasteiger partial charge in [-0.15, -0.1) is 0 Å². The molecule has 0 aliphatic carbocycles. The van der Waals surface area contributed by atoms with Crippen molar-refractivity contribution in [3.63, 3.8) is 0 Å². The van der Waals surface area contributed by atoms with Gasteiger partial charge in [-0.2, -0.15) is 0 Å². The van der Waals surface area contributed by atoms with Gasteiger partial charge in [-0.25, -0.2) is 0 Å². The van der Waals surface area contributed by atoms with Gasteiger partial charge in [-0.1, -0.05) is 19.0 Å². The molecule has 1 aliphatic rings. The number of carbonyl (C=O) groups excluding carboxylic acids is 1. The van der Waals surface area contributed by atoms with Crippen LogP contribution in [0, 0.1) is 5.92 Å². The van der Waals surface area contributed by atoms with Crippen LogP contribution in [0.4, 0.5) is 0 Å². The van der Waals surface area contributed by atoms with Crippen LogP contribution < -0.4 is 0 Å². The van der Waals surface area contributed by atoms with E-state index in [9.17, 15) is 9.90 Å². The monoisotopic (exact) mass is 268 g/mol. The minimum absolute atomic E-state index is 0.227. The first-order valence-electron chi connectivity index (χ1n) is 6.57. The normalized spacial score (nSPS) is 20.6. The Bertz CT molecular complexity index is 430. The highest BCUT2D eigenvalue weighted by Crippen LogP contribution is 2.12. The SMILES string of the molecule is CC(C)Cc1cc(C(=O)N2CCOC[C@H](O)C2)on1. The van der Waals surface area contributed by atoms with Gasteiger partial charge in [0.2, 0.25) is 5.76 Å². The van der Waals surface area contributed by atoms with Crippen molar-refractivity contribution in [2.45, 2.75) is 26.4 Å². The molecule has 1 saturated heterocycles. The van der Waals surface area contributed by atoms with Crippen LogP contribution in [0.25, 0.3) is 0 Å². The highest BCUT2D eigenvalue weighted by molar-refractivity contribution is 5.91. The molecule has 0 aromatic carbocycles. The Balaban J connectivity index is 2.03. The number of carbonyl (C=O) groups is 1. The fourth-order valence-electron chi connectivity index (χ4n) is 2.06. The first-order chi connectivity index (χ1) is 9.06. The number of amides is 1. The van der Waals surface area contributed by atoms with Gasteiger partial charge in [0.1, 0.15) is 0 Å². The van der Waals surface area contributed by atoms with E-state index in [1.54, 1.807) is 6.07 Å². The van der Waals surface area contributed by atoms with Crippen LogP contribution in [0.1, 0.15) is 30.1 Å². The molecule has 1 aromatic heterocycles. The van der Waals surface area contributed by atoms with Crippen LogP contribution in [0.5, 0.6) is 0 Å². The van der Waals surface area contributed by atoms with E-state index in [1.807, 2.05) is 0 Å². The van der Waals surface area contributed by atoms with E-state index in [2.05, 4.69) is 19.0 Å². The molecular weight excluding hydrogens is 248 g/mol. The first-order valence-corrected chi connectivity index (χ1v) is 6.57. The van der Waals surface area contributed by atoms with Gasteiger partial charge in [0.05, 0.1) is 25.0 Å². The molecule has 1 amide bonds. The minimum Gasteiger partial charge on any atom is -0.389 e. The van der Waals surface area contributed by atoms with Crippen LogP contribution in [-0.2, 0) is 11.2 Å². The fourth-order valence-corrected chi connectivity index (χ4v) is 2.06. The van der Waals surface area contributed by atoms with Crippen molar-refractivity contribution in [1.29, 1.82) is 0 Å². The number of aromatic nitrogens is 1. The Hall–Kier alpha value is -1.40. The van der Waals surface area contributed by atoms with E-state index in [-0.39, 0.29) is 24.8 Å². The molecule has 1 atom stereocenters. The molecular formula is C13H20N2O4. The van der Waals surface area contributed by atoms with Gasteiger partial charge in [0.25, 0.3) is 5.91 Å². The number of hydrogen-bond donors (Lipinski definition) is 1. The predicted molar refractivity (Wildman–Crippen MR) is 67.8 cm³/mol. The second-order valence-electron chi connectivity index (χ2n) is 5.26. The van der Waals surface area contributed by atoms with Gasteiger partial charge in [-0.3, -0.25) is 4.79 Å². The zero-order valence-electron chi connectivity index (χ0n) is 11.3. The van der Waals surface area contributed by atoms with Gasteiger partial charge in [0, 0.05) is 19.2 Å². The van der Waals surface area contributed by atoms with Gasteiger partial charge in [0.15, 0.2) is 0 Å². The number of β-amino-alcohol motifs (C(OH)–C–C–N with tert-alkyl or cyclic N) is 1. The number of aliphatic hydroxyl groups is 1. The highest BCUT2D eigenvalue weighted by Gasteiger charge is 2.25. The topological polar surface area (TPSA) is 75.8 Å². The van der Waals surface area contributed by atoms with Crippen LogP contribution >= 0.6 is 0 Å². The number of ether oxygens (including phenoxy) is 1. The summed E-state index contributed by atoms with van der Waals surface area (Å²) in [5.41, 5.74) is 0.782. The van der Waals surface area contributed by atoms with Crippen LogP contribution in [-0.4, -0.2) is 53.5 Å². The molecule has 6 heteroatoms. The Labute approximate surface area is 112 Å². The third kappa shape index (κ3) is 3.78. The van der Waals surface area contributed by atoms with Gasteiger partial charge >= 0.3 is 0 Å². The summed E-state index contributed by atoms with van der Waals surface area (Å²) in [4.78, 5) is 13.8. The average Bonchev–Trinajstić information content (AvgIpc) is 2.68. The summed E-state index contributed by atoms with van der Waals surface area (Å²) in [6.45, 7) is 5.57. The van der Waals surface area contributed by atoms with E-state index >= 15 is 0 Å². The summed E-state index contributed by atoms with van der Waals surface area (Å²) >= 11 is 0. The summed E-state index contributed by atoms with van der Waals surface area (Å²) in [5.74, 6) is 0.443. The molecule has 0 unspecified atom stereocenters. The Morgan fingerprint density at radius 2 is 2.42 bits per heavy atom. The van der Waals surface area contributed by atoms with Crippen molar-refractivity contribution in [3.8, 4) is 0 Å². The third-order valence-corrected chi connectivity index (χ3v) is 2.92. The van der Waals surface area contributed by atoms with Crippen LogP contribution in [0.15, 0.2) is 10.6 Å². The van der Waals surface area contributed by atoms with Crippen molar-refractivity contribution < 1.29 is 19.2 Å². The van der Waals surface area contributed by atoms with Gasteiger partial charge in [-0.05, 0) is 12.3 Å². The summed E-state index contributed by atoms with van der Waals surface area (Å²) < 4.78 is 10.3. The average molecular weight is 268 g/mol. The lowest BCUT2D eigenvalue weighted by Crippen LogP contribution is -2.37. The first kappa shape index (κ1) is 14.0. The minimum atomic E-state index is -0.649. The van der Waals surface area contributed by atoms with Crippen molar-refractivity contribution >= 4 is 5.91 Å². The number of rotatable bonds is 3. The molecule has 1 aliphatic heterocycles. The Kier molecular flexibility index (Phi) is 4.55. The van der Waals surface area contributed by atoms with E-state index < -0.39 is 6.10 Å². The molecule has 1 aromatic rings. The lowest BCUT2D eigenvalue weighted by molar-refractivity contribution is 0.0523. The zero-order chi connectivity index (χ0) is 13.8. The van der Waals surface area contributed by atoms with Crippen molar-refractivity contribution in [1.82, 2.24) is 10.1 Å². The maximum Gasteiger partial charge on any atom is 0.292 e. The second kappa shape index (κ2) is 6.16. The number of nitrogens with zero attached hydrogens (tertiary/aromatic N) is 2. The maximum atomic E-state index is 12.2. The third-order valence-electron chi connectivity index (χ3n) is 2.92. The summed E-state index contributed by atoms with van der Waals surface area (Å²) in [5, 5.41) is 13.5. The molecule has 0 bridgehead atoms. The van der Waals surface area contributed by atoms with Crippen LogP contribution in [0.2, 0.25) is 0 Å². The van der Waals surface area contributed by atoms with Gasteiger partial charge < -0.3 is 19.3 Å². The van der Waals surface area contributed by atoms with E-state index in [4.69, 9.17) is 9.26 Å². The Morgan fingerprint density at radius 1 is 1.63 bits per heavy atom. The molecule has 2 heterocycles. The summed E-state index contributed by atoms with van der Waals surface area (Å²) in [7, 11) is 0. The standard InChI is InChI=1S/C13H20N2O4/c1-9(2)5-10-6-12(19-14-10)13(17)15-3-4-18-8-11(16)7-15/h6,9,11,16H,3-5,7-8H2,1-2H3/t11-/m1/s1. The molecule has 6 nitrogen and oxygen atoms in total. The zero-order valence-corrected chi connectivity index (χ0v) is 11.3. The molecule has 106 valence electrons. The Morgan fingerprint density at radius 3 is 3.16 bits per heavy atom. The number of aliphatic hydroxyl groups excluding tert-OH is 1. The van der Waals surface area contributed by atoms with E-state index in [0.717, 1.165) is 12.1 Å². The summed E-state index contributed by atoms with van der Waals surface area (Å²) in [6, 6.07) is 1.68. The van der Waals surface area contributed by atoms with Crippen LogP contribution in [0.3, 0.4) is 0 Å². The number of hydrogen-bond acceptors (Lipinski definition) is 5. The largest absolute Gasteiger partial charge is 0.389 e. The van der Waals surface area contributed by atoms with Crippen molar-refractivity contribution in [2.24, 2.45) is 5.92 Å². The fraction of sp³-hybridized carbons (Fsp3) is 0.692. The second-order valence-corrected chi connectivity index (χ2v) is 5.26. The molecule has 0 saturated carbocycles. The molecule has 0 radical (unpaired) electrons. The van der Waals surface area contributed by atoms with E-state index in [0.29, 0.717) is 19.1 Å². The smallest absolute Gasteiger partial charge is 0.292 e. The quantitative estimate of drug-likeness (QED) is 0.873. The molecule has 1 N–H and O–H groups in total. The molecule has 0 spiro atoms. The van der Waals surface area contributed by atoms with Crippen molar-refractivity contribution in [2.75, 3.05) is 26.3 Å². The summed E-state index contributed by atoms with van der Waals surface area (Å²) in [6.07, 6.45) is 0.132. The lowest BCUT2D eigenvalue weighted by atomic mass is 10.1. The van der Waals surface area contributed by atoms with Crippen molar-refractivity contribution in [3.05, 3.63) is 17.5 Å². The molecule has 2 rings (SSSR count).